The zero-order valence-corrected chi connectivity index (χ0v) is 26.1. The molecule has 0 saturated carbocycles. The summed E-state index contributed by atoms with van der Waals surface area (Å²) in [5, 5.41) is 2.59. The molecule has 2 aliphatic rings. The molecule has 3 aromatic rings. The van der Waals surface area contributed by atoms with E-state index in [0.29, 0.717) is 56.1 Å². The number of benzene rings is 1. The second-order valence-corrected chi connectivity index (χ2v) is 12.4. The molecular formula is C31H37F4N7O3. The molecule has 5 rings (SSSR count). The molecule has 2 atom stereocenters. The standard InChI is InChI=1S/C31H37F4N7O3/c1-18-14-42(15-19(2)40(18)6)26-11-24(32)21(20-12-36-29(37-13-20)41-7-8-45-30(3,4)17-41)9-25(26)38-28(44)22-16-39(5)27(43)10-23(22)31(33,34)35/h9-13,16,18-19H,7-8,14-15,17H2,1-6H3,(H,38,44). The van der Waals surface area contributed by atoms with E-state index in [-0.39, 0.29) is 28.9 Å². The SMILES string of the molecule is CC1CN(c2cc(F)c(-c3cnc(N4CCOC(C)(C)C4)nc3)cc2NC(=O)c2cn(C)c(=O)cc2C(F)(F)F)CC(C)N1C. The van der Waals surface area contributed by atoms with Gasteiger partial charge < -0.3 is 24.4 Å². The average molecular weight is 632 g/mol. The third kappa shape index (κ3) is 6.81. The lowest BCUT2D eigenvalue weighted by Crippen LogP contribution is -2.55. The molecule has 2 aliphatic heterocycles. The minimum absolute atomic E-state index is 0.0645. The summed E-state index contributed by atoms with van der Waals surface area (Å²) in [6, 6.07) is 3.21. The molecule has 2 saturated heterocycles. The predicted molar refractivity (Wildman–Crippen MR) is 163 cm³/mol. The van der Waals surface area contributed by atoms with Crippen LogP contribution in [0.5, 0.6) is 0 Å². The fraction of sp³-hybridized carbons (Fsp3) is 0.484. The number of carbonyl (C=O) groups is 1. The molecule has 14 heteroatoms. The fourth-order valence-electron chi connectivity index (χ4n) is 5.79. The molecular weight excluding hydrogens is 594 g/mol. The van der Waals surface area contributed by atoms with E-state index >= 15 is 4.39 Å². The predicted octanol–water partition coefficient (Wildman–Crippen LogP) is 4.40. The number of aryl methyl sites for hydroxylation is 1. The van der Waals surface area contributed by atoms with Crippen molar-refractivity contribution in [3.05, 3.63) is 64.1 Å². The monoisotopic (exact) mass is 631 g/mol. The van der Waals surface area contributed by atoms with Crippen molar-refractivity contribution in [1.82, 2.24) is 19.4 Å². The van der Waals surface area contributed by atoms with Gasteiger partial charge in [0.05, 0.1) is 34.7 Å². The van der Waals surface area contributed by atoms with E-state index in [4.69, 9.17) is 4.74 Å². The maximum atomic E-state index is 15.9. The van der Waals surface area contributed by atoms with E-state index in [2.05, 4.69) is 20.2 Å². The van der Waals surface area contributed by atoms with Crippen molar-refractivity contribution in [3.8, 4) is 11.1 Å². The molecule has 10 nitrogen and oxygen atoms in total. The Hall–Kier alpha value is -4.04. The lowest BCUT2D eigenvalue weighted by molar-refractivity contribution is -0.138. The number of morpholine rings is 1. The van der Waals surface area contributed by atoms with E-state index in [9.17, 15) is 22.8 Å². The first-order valence-corrected chi connectivity index (χ1v) is 14.6. The summed E-state index contributed by atoms with van der Waals surface area (Å²) in [5.41, 5.74) is -2.56. The summed E-state index contributed by atoms with van der Waals surface area (Å²) in [7, 11) is 3.24. The molecule has 45 heavy (non-hydrogen) atoms. The summed E-state index contributed by atoms with van der Waals surface area (Å²) in [4.78, 5) is 40.5. The van der Waals surface area contributed by atoms with Gasteiger partial charge in [-0.3, -0.25) is 14.5 Å². The highest BCUT2D eigenvalue weighted by Gasteiger charge is 2.37. The maximum absolute atomic E-state index is 15.9. The number of anilines is 3. The van der Waals surface area contributed by atoms with Crippen molar-refractivity contribution in [2.45, 2.75) is 51.6 Å². The Morgan fingerprint density at radius 1 is 1.04 bits per heavy atom. The van der Waals surface area contributed by atoms with Crippen LogP contribution in [0.2, 0.25) is 0 Å². The minimum Gasteiger partial charge on any atom is -0.372 e. The van der Waals surface area contributed by atoms with Crippen molar-refractivity contribution >= 4 is 23.2 Å². The van der Waals surface area contributed by atoms with E-state index in [1.807, 2.05) is 44.5 Å². The number of aromatic nitrogens is 3. The van der Waals surface area contributed by atoms with Gasteiger partial charge in [-0.15, -0.1) is 0 Å². The normalized spacial score (nSPS) is 20.8. The molecule has 4 heterocycles. The summed E-state index contributed by atoms with van der Waals surface area (Å²) >= 11 is 0. The number of rotatable bonds is 5. The number of hydrogen-bond donors (Lipinski definition) is 1. The number of piperazine rings is 1. The highest BCUT2D eigenvalue weighted by Crippen LogP contribution is 2.37. The van der Waals surface area contributed by atoms with Crippen LogP contribution in [0.15, 0.2) is 41.6 Å². The number of likely N-dealkylation sites (N-methyl/N-ethyl adjacent to an activating group) is 1. The molecule has 2 unspecified atom stereocenters. The van der Waals surface area contributed by atoms with Crippen LogP contribution < -0.4 is 20.7 Å². The number of hydrogen-bond acceptors (Lipinski definition) is 8. The largest absolute Gasteiger partial charge is 0.417 e. The Balaban J connectivity index is 1.55. The second kappa shape index (κ2) is 12.0. The number of pyridine rings is 1. The summed E-state index contributed by atoms with van der Waals surface area (Å²) in [5.74, 6) is -1.24. The van der Waals surface area contributed by atoms with Crippen LogP contribution in [-0.2, 0) is 18.0 Å². The smallest absolute Gasteiger partial charge is 0.372 e. The third-order valence-corrected chi connectivity index (χ3v) is 8.47. The molecule has 0 spiro atoms. The summed E-state index contributed by atoms with van der Waals surface area (Å²) < 4.78 is 64.2. The van der Waals surface area contributed by atoms with Crippen LogP contribution >= 0.6 is 0 Å². The molecule has 2 aromatic heterocycles. The Bertz CT molecular complexity index is 1630. The zero-order valence-electron chi connectivity index (χ0n) is 26.1. The molecule has 1 amide bonds. The first kappa shape index (κ1) is 32.4. The van der Waals surface area contributed by atoms with Crippen LogP contribution in [-0.4, -0.2) is 82.9 Å². The Morgan fingerprint density at radius 2 is 1.69 bits per heavy atom. The molecule has 0 bridgehead atoms. The zero-order chi connectivity index (χ0) is 32.8. The first-order chi connectivity index (χ1) is 21.0. The molecule has 1 N–H and O–H groups in total. The lowest BCUT2D eigenvalue weighted by atomic mass is 10.0. The number of nitrogens with one attached hydrogen (secondary N) is 1. The van der Waals surface area contributed by atoms with Gasteiger partial charge in [0.1, 0.15) is 5.82 Å². The number of carbonyl (C=O) groups excluding carboxylic acids is 1. The van der Waals surface area contributed by atoms with E-state index in [1.165, 1.54) is 31.6 Å². The Kier molecular flexibility index (Phi) is 8.66. The van der Waals surface area contributed by atoms with E-state index < -0.39 is 34.6 Å². The highest BCUT2D eigenvalue weighted by molar-refractivity contribution is 6.07. The first-order valence-electron chi connectivity index (χ1n) is 14.6. The molecule has 2 fully saturated rings. The van der Waals surface area contributed by atoms with Crippen molar-refractivity contribution in [1.29, 1.82) is 0 Å². The maximum Gasteiger partial charge on any atom is 0.417 e. The Morgan fingerprint density at radius 3 is 2.29 bits per heavy atom. The van der Waals surface area contributed by atoms with Crippen molar-refractivity contribution in [2.75, 3.05) is 55.0 Å². The van der Waals surface area contributed by atoms with Gasteiger partial charge >= 0.3 is 6.18 Å². The van der Waals surface area contributed by atoms with Crippen molar-refractivity contribution < 1.29 is 27.1 Å². The van der Waals surface area contributed by atoms with Gasteiger partial charge in [-0.05, 0) is 46.9 Å². The minimum atomic E-state index is -4.95. The Labute approximate surface area is 258 Å². The third-order valence-electron chi connectivity index (χ3n) is 8.47. The van der Waals surface area contributed by atoms with Crippen molar-refractivity contribution in [2.24, 2.45) is 7.05 Å². The number of amides is 1. The lowest BCUT2D eigenvalue weighted by Gasteiger charge is -2.44. The number of ether oxygens (including phenoxy) is 1. The van der Waals surface area contributed by atoms with Gasteiger partial charge in [0.25, 0.3) is 11.5 Å². The average Bonchev–Trinajstić information content (AvgIpc) is 2.96. The number of alkyl halides is 3. The molecule has 0 aliphatic carbocycles. The number of nitrogens with zero attached hydrogens (tertiary/aromatic N) is 6. The molecule has 0 radical (unpaired) electrons. The van der Waals surface area contributed by atoms with Crippen molar-refractivity contribution in [3.63, 3.8) is 0 Å². The quantitative estimate of drug-likeness (QED) is 0.415. The van der Waals surface area contributed by atoms with Gasteiger partial charge in [0.2, 0.25) is 5.95 Å². The molecule has 242 valence electrons. The van der Waals surface area contributed by atoms with E-state index in [1.54, 1.807) is 0 Å². The van der Waals surface area contributed by atoms with Gasteiger partial charge in [0.15, 0.2) is 0 Å². The van der Waals surface area contributed by atoms with Crippen LogP contribution in [0.1, 0.15) is 43.6 Å². The van der Waals surface area contributed by atoms with Gasteiger partial charge in [-0.1, -0.05) is 0 Å². The fourth-order valence-corrected chi connectivity index (χ4v) is 5.79. The van der Waals surface area contributed by atoms with E-state index in [0.717, 1.165) is 10.8 Å². The summed E-state index contributed by atoms with van der Waals surface area (Å²) in [6.45, 7) is 10.6. The second-order valence-electron chi connectivity index (χ2n) is 12.4. The van der Waals surface area contributed by atoms with Gasteiger partial charge in [0, 0.05) is 81.1 Å². The molecule has 1 aromatic carbocycles. The number of halogens is 4. The highest BCUT2D eigenvalue weighted by atomic mass is 19.4. The van der Waals surface area contributed by atoms with Gasteiger partial charge in [-0.25, -0.2) is 14.4 Å². The van der Waals surface area contributed by atoms with Crippen LogP contribution in [0.3, 0.4) is 0 Å². The summed E-state index contributed by atoms with van der Waals surface area (Å²) in [6.07, 6.45) is -1.15. The topological polar surface area (TPSA) is 95.8 Å². The van der Waals surface area contributed by atoms with Crippen LogP contribution in [0.25, 0.3) is 11.1 Å². The van der Waals surface area contributed by atoms with Gasteiger partial charge in [-0.2, -0.15) is 13.2 Å². The van der Waals surface area contributed by atoms with Crippen LogP contribution in [0.4, 0.5) is 34.9 Å². The van der Waals surface area contributed by atoms with Crippen LogP contribution in [0, 0.1) is 5.82 Å².